The Hall–Kier alpha value is -2.24. The first-order chi connectivity index (χ1) is 11.6. The Morgan fingerprint density at radius 3 is 2.33 bits per heavy atom. The van der Waals surface area contributed by atoms with E-state index in [1.54, 1.807) is 14.2 Å². The Morgan fingerprint density at radius 1 is 1.08 bits per heavy atom. The van der Waals surface area contributed by atoms with E-state index in [1.807, 2.05) is 23.1 Å². The zero-order valence-electron chi connectivity index (χ0n) is 14.5. The van der Waals surface area contributed by atoms with Gasteiger partial charge in [-0.2, -0.15) is 0 Å². The van der Waals surface area contributed by atoms with E-state index in [-0.39, 0.29) is 17.8 Å². The molecule has 1 aliphatic heterocycles. The average molecular weight is 335 g/mol. The highest BCUT2D eigenvalue weighted by Gasteiger charge is 2.27. The van der Waals surface area contributed by atoms with Crippen molar-refractivity contribution in [2.45, 2.75) is 25.7 Å². The number of amides is 1. The van der Waals surface area contributed by atoms with Crippen LogP contribution in [0.15, 0.2) is 18.2 Å². The Balaban J connectivity index is 1.84. The van der Waals surface area contributed by atoms with Crippen molar-refractivity contribution in [2.75, 3.05) is 34.4 Å². The van der Waals surface area contributed by atoms with Crippen LogP contribution in [-0.4, -0.2) is 51.2 Å². The molecule has 0 saturated carbocycles. The van der Waals surface area contributed by atoms with Crippen molar-refractivity contribution in [1.82, 2.24) is 4.90 Å². The second-order valence-corrected chi connectivity index (χ2v) is 5.87. The van der Waals surface area contributed by atoms with E-state index in [0.29, 0.717) is 50.3 Å². The van der Waals surface area contributed by atoms with E-state index >= 15 is 0 Å². The molecule has 1 amide bonds. The van der Waals surface area contributed by atoms with Gasteiger partial charge in [-0.3, -0.25) is 9.59 Å². The number of hydrogen-bond acceptors (Lipinski definition) is 5. The van der Waals surface area contributed by atoms with Crippen LogP contribution in [0.4, 0.5) is 0 Å². The molecule has 1 aliphatic rings. The van der Waals surface area contributed by atoms with Crippen LogP contribution in [0.1, 0.15) is 24.8 Å². The van der Waals surface area contributed by atoms with Crippen molar-refractivity contribution >= 4 is 11.9 Å². The second kappa shape index (κ2) is 8.57. The summed E-state index contributed by atoms with van der Waals surface area (Å²) in [6.07, 6.45) is 2.44. The van der Waals surface area contributed by atoms with Gasteiger partial charge in [0.25, 0.3) is 0 Å². The van der Waals surface area contributed by atoms with Gasteiger partial charge in [-0.25, -0.2) is 0 Å². The lowest BCUT2D eigenvalue weighted by Gasteiger charge is -2.30. The van der Waals surface area contributed by atoms with Crippen LogP contribution in [0.25, 0.3) is 0 Å². The summed E-state index contributed by atoms with van der Waals surface area (Å²) in [5, 5.41) is 0. The summed E-state index contributed by atoms with van der Waals surface area (Å²) in [5.41, 5.74) is 1.03. The lowest BCUT2D eigenvalue weighted by atomic mass is 9.96. The Kier molecular flexibility index (Phi) is 6.46. The molecule has 0 spiro atoms. The first kappa shape index (κ1) is 18.1. The molecule has 1 heterocycles. The van der Waals surface area contributed by atoms with Gasteiger partial charge in [0.2, 0.25) is 5.91 Å². The number of piperidine rings is 1. The predicted octanol–water partition coefficient (Wildman–Crippen LogP) is 2.05. The maximum Gasteiger partial charge on any atom is 0.308 e. The molecule has 0 aromatic heterocycles. The molecule has 1 aromatic rings. The monoisotopic (exact) mass is 335 g/mol. The fourth-order valence-corrected chi connectivity index (χ4v) is 2.98. The normalized spacial score (nSPS) is 15.0. The van der Waals surface area contributed by atoms with Gasteiger partial charge in [-0.05, 0) is 37.0 Å². The maximum atomic E-state index is 12.3. The minimum atomic E-state index is -0.174. The van der Waals surface area contributed by atoms with Gasteiger partial charge < -0.3 is 19.1 Å². The van der Waals surface area contributed by atoms with Gasteiger partial charge in [-0.1, -0.05) is 6.07 Å². The number of methoxy groups -OCH3 is 3. The largest absolute Gasteiger partial charge is 0.493 e. The van der Waals surface area contributed by atoms with Gasteiger partial charge in [-0.15, -0.1) is 0 Å². The SMILES string of the molecule is COC(=O)C1CCN(C(=O)CCc2ccc(OC)c(OC)c2)CC1. The summed E-state index contributed by atoms with van der Waals surface area (Å²) in [7, 11) is 4.60. The summed E-state index contributed by atoms with van der Waals surface area (Å²) >= 11 is 0. The number of carbonyl (C=O) groups excluding carboxylic acids is 2. The fourth-order valence-electron chi connectivity index (χ4n) is 2.98. The van der Waals surface area contributed by atoms with Crippen LogP contribution in [-0.2, 0) is 20.7 Å². The van der Waals surface area contributed by atoms with E-state index in [2.05, 4.69) is 0 Å². The molecule has 24 heavy (non-hydrogen) atoms. The summed E-state index contributed by atoms with van der Waals surface area (Å²) in [5.74, 6) is 1.21. The van der Waals surface area contributed by atoms with E-state index < -0.39 is 0 Å². The molecule has 6 nitrogen and oxygen atoms in total. The number of likely N-dealkylation sites (tertiary alicyclic amines) is 1. The number of esters is 1. The lowest BCUT2D eigenvalue weighted by Crippen LogP contribution is -2.40. The predicted molar refractivity (Wildman–Crippen MR) is 89.2 cm³/mol. The molecule has 2 rings (SSSR count). The van der Waals surface area contributed by atoms with Crippen molar-refractivity contribution in [2.24, 2.45) is 5.92 Å². The minimum Gasteiger partial charge on any atom is -0.493 e. The van der Waals surface area contributed by atoms with Gasteiger partial charge in [0, 0.05) is 19.5 Å². The van der Waals surface area contributed by atoms with Gasteiger partial charge in [0.1, 0.15) is 0 Å². The summed E-state index contributed by atoms with van der Waals surface area (Å²) in [4.78, 5) is 25.7. The first-order valence-corrected chi connectivity index (χ1v) is 8.15. The number of rotatable bonds is 6. The number of benzene rings is 1. The van der Waals surface area contributed by atoms with Crippen LogP contribution in [0.3, 0.4) is 0 Å². The minimum absolute atomic E-state index is 0.0788. The average Bonchev–Trinajstić information content (AvgIpc) is 2.65. The number of ether oxygens (including phenoxy) is 3. The third kappa shape index (κ3) is 4.40. The topological polar surface area (TPSA) is 65.1 Å². The molecule has 0 radical (unpaired) electrons. The molecule has 1 saturated heterocycles. The van der Waals surface area contributed by atoms with Crippen LogP contribution in [0, 0.1) is 5.92 Å². The van der Waals surface area contributed by atoms with Crippen molar-refractivity contribution in [1.29, 1.82) is 0 Å². The zero-order chi connectivity index (χ0) is 17.5. The Labute approximate surface area is 142 Å². The molecule has 0 unspecified atom stereocenters. The zero-order valence-corrected chi connectivity index (χ0v) is 14.5. The smallest absolute Gasteiger partial charge is 0.308 e. The van der Waals surface area contributed by atoms with Crippen LogP contribution in [0.2, 0.25) is 0 Å². The molecule has 0 aliphatic carbocycles. The molecular formula is C18H25NO5. The summed E-state index contributed by atoms with van der Waals surface area (Å²) < 4.78 is 15.3. The molecule has 0 N–H and O–H groups in total. The number of nitrogens with zero attached hydrogens (tertiary/aromatic N) is 1. The highest BCUT2D eigenvalue weighted by molar-refractivity contribution is 5.77. The summed E-state index contributed by atoms with van der Waals surface area (Å²) in [6, 6.07) is 5.69. The Morgan fingerprint density at radius 2 is 1.75 bits per heavy atom. The van der Waals surface area contributed by atoms with E-state index in [9.17, 15) is 9.59 Å². The van der Waals surface area contributed by atoms with Crippen molar-refractivity contribution < 1.29 is 23.8 Å². The molecule has 0 atom stereocenters. The van der Waals surface area contributed by atoms with Crippen molar-refractivity contribution in [3.05, 3.63) is 23.8 Å². The van der Waals surface area contributed by atoms with E-state index in [4.69, 9.17) is 14.2 Å². The standard InChI is InChI=1S/C18H25NO5/c1-22-15-6-4-13(12-16(15)23-2)5-7-17(20)19-10-8-14(9-11-19)18(21)24-3/h4,6,12,14H,5,7-11H2,1-3H3. The first-order valence-electron chi connectivity index (χ1n) is 8.15. The van der Waals surface area contributed by atoms with Gasteiger partial charge in [0.15, 0.2) is 11.5 Å². The second-order valence-electron chi connectivity index (χ2n) is 5.87. The van der Waals surface area contributed by atoms with Gasteiger partial charge >= 0.3 is 5.97 Å². The molecule has 1 aromatic carbocycles. The van der Waals surface area contributed by atoms with Crippen LogP contribution < -0.4 is 9.47 Å². The highest BCUT2D eigenvalue weighted by atomic mass is 16.5. The molecule has 0 bridgehead atoms. The van der Waals surface area contributed by atoms with Crippen LogP contribution in [0.5, 0.6) is 11.5 Å². The third-order valence-electron chi connectivity index (χ3n) is 4.46. The third-order valence-corrected chi connectivity index (χ3v) is 4.46. The fraction of sp³-hybridized carbons (Fsp3) is 0.556. The highest BCUT2D eigenvalue weighted by Crippen LogP contribution is 2.28. The van der Waals surface area contributed by atoms with Crippen molar-refractivity contribution in [3.8, 4) is 11.5 Å². The molecular weight excluding hydrogens is 310 g/mol. The quantitative estimate of drug-likeness (QED) is 0.745. The number of carbonyl (C=O) groups is 2. The number of aryl methyl sites for hydroxylation is 1. The number of hydrogen-bond donors (Lipinski definition) is 0. The Bertz CT molecular complexity index is 579. The molecule has 132 valence electrons. The van der Waals surface area contributed by atoms with Crippen LogP contribution >= 0.6 is 0 Å². The van der Waals surface area contributed by atoms with E-state index in [0.717, 1.165) is 5.56 Å². The van der Waals surface area contributed by atoms with Crippen molar-refractivity contribution in [3.63, 3.8) is 0 Å². The molecule has 6 heteroatoms. The van der Waals surface area contributed by atoms with Gasteiger partial charge in [0.05, 0.1) is 27.2 Å². The maximum absolute atomic E-state index is 12.3. The molecule has 1 fully saturated rings. The lowest BCUT2D eigenvalue weighted by molar-refractivity contribution is -0.148. The summed E-state index contributed by atoms with van der Waals surface area (Å²) in [6.45, 7) is 1.23. The van der Waals surface area contributed by atoms with E-state index in [1.165, 1.54) is 7.11 Å².